The zero-order valence-electron chi connectivity index (χ0n) is 11.8. The molecule has 1 amide bonds. The molecule has 112 valence electrons. The van der Waals surface area contributed by atoms with Gasteiger partial charge in [-0.2, -0.15) is 13.2 Å². The Labute approximate surface area is 112 Å². The third kappa shape index (κ3) is 4.09. The molecule has 0 aromatic rings. The van der Waals surface area contributed by atoms with Crippen molar-refractivity contribution in [2.75, 3.05) is 6.54 Å². The SMILES string of the molecule is CCC1NC(C)(CC)C(=O)N1CCCCC(F)(F)F. The molecular formula is C13H23F3N2O. The molecule has 3 nitrogen and oxygen atoms in total. The number of nitrogens with one attached hydrogen (secondary N) is 1. The summed E-state index contributed by atoms with van der Waals surface area (Å²) in [6.07, 6.45) is -3.01. The fourth-order valence-corrected chi connectivity index (χ4v) is 2.41. The quantitative estimate of drug-likeness (QED) is 0.758. The molecule has 6 heteroatoms. The third-order valence-electron chi connectivity index (χ3n) is 3.80. The average molecular weight is 280 g/mol. The standard InChI is InChI=1S/C13H23F3N2O/c1-4-10-17-12(3,5-2)11(19)18(10)9-7-6-8-13(14,15)16/h10,17H,4-9H2,1-3H3. The Bertz CT molecular complexity index is 320. The maximum atomic E-state index is 12.3. The van der Waals surface area contributed by atoms with Crippen LogP contribution in [0.15, 0.2) is 0 Å². The molecule has 0 spiro atoms. The maximum absolute atomic E-state index is 12.3. The smallest absolute Gasteiger partial charge is 0.326 e. The monoisotopic (exact) mass is 280 g/mol. The number of carbonyl (C=O) groups is 1. The van der Waals surface area contributed by atoms with E-state index in [1.54, 1.807) is 4.90 Å². The van der Waals surface area contributed by atoms with E-state index in [4.69, 9.17) is 0 Å². The van der Waals surface area contributed by atoms with Crippen molar-refractivity contribution in [2.45, 2.75) is 70.8 Å². The van der Waals surface area contributed by atoms with Crippen LogP contribution in [-0.2, 0) is 4.79 Å². The van der Waals surface area contributed by atoms with Crippen LogP contribution in [0.3, 0.4) is 0 Å². The minimum atomic E-state index is -4.10. The highest BCUT2D eigenvalue weighted by Crippen LogP contribution is 2.26. The topological polar surface area (TPSA) is 32.3 Å². The Hall–Kier alpha value is -0.780. The van der Waals surface area contributed by atoms with Crippen molar-refractivity contribution >= 4 is 5.91 Å². The van der Waals surface area contributed by atoms with Crippen LogP contribution in [0.4, 0.5) is 13.2 Å². The zero-order chi connectivity index (χ0) is 14.7. The molecule has 0 radical (unpaired) electrons. The number of alkyl halides is 3. The predicted molar refractivity (Wildman–Crippen MR) is 67.5 cm³/mol. The van der Waals surface area contributed by atoms with Crippen molar-refractivity contribution in [3.63, 3.8) is 0 Å². The lowest BCUT2D eigenvalue weighted by molar-refractivity contribution is -0.136. The molecule has 1 rings (SSSR count). The molecule has 2 unspecified atom stereocenters. The lowest BCUT2D eigenvalue weighted by atomic mass is 9.99. The van der Waals surface area contributed by atoms with Crippen molar-refractivity contribution in [3.8, 4) is 0 Å². The highest BCUT2D eigenvalue weighted by molar-refractivity contribution is 5.88. The van der Waals surface area contributed by atoms with E-state index in [0.717, 1.165) is 6.42 Å². The van der Waals surface area contributed by atoms with E-state index in [0.29, 0.717) is 19.4 Å². The van der Waals surface area contributed by atoms with Crippen LogP contribution in [0.1, 0.15) is 52.9 Å². The summed E-state index contributed by atoms with van der Waals surface area (Å²) in [7, 11) is 0. The van der Waals surface area contributed by atoms with Gasteiger partial charge >= 0.3 is 6.18 Å². The van der Waals surface area contributed by atoms with Gasteiger partial charge in [-0.1, -0.05) is 13.8 Å². The summed E-state index contributed by atoms with van der Waals surface area (Å²) in [5.41, 5.74) is -0.565. The molecule has 1 saturated heterocycles. The summed E-state index contributed by atoms with van der Waals surface area (Å²) >= 11 is 0. The normalized spacial score (nSPS) is 28.2. The number of halogens is 3. The number of amides is 1. The van der Waals surface area contributed by atoms with Gasteiger partial charge < -0.3 is 4.90 Å². The predicted octanol–water partition coefficient (Wildman–Crippen LogP) is 3.06. The van der Waals surface area contributed by atoms with Crippen molar-refractivity contribution in [1.82, 2.24) is 10.2 Å². The van der Waals surface area contributed by atoms with Gasteiger partial charge in [-0.05, 0) is 32.6 Å². The molecule has 1 N–H and O–H groups in total. The van der Waals surface area contributed by atoms with Gasteiger partial charge in [0.25, 0.3) is 0 Å². The van der Waals surface area contributed by atoms with Crippen LogP contribution in [0.5, 0.6) is 0 Å². The minimum Gasteiger partial charge on any atom is -0.326 e. The summed E-state index contributed by atoms with van der Waals surface area (Å²) in [6, 6.07) is 0. The summed E-state index contributed by atoms with van der Waals surface area (Å²) < 4.78 is 36.2. The Balaban J connectivity index is 2.50. The van der Waals surface area contributed by atoms with Gasteiger partial charge in [0, 0.05) is 13.0 Å². The van der Waals surface area contributed by atoms with E-state index in [-0.39, 0.29) is 18.5 Å². The molecular weight excluding hydrogens is 257 g/mol. The number of rotatable bonds is 6. The second kappa shape index (κ2) is 6.11. The van der Waals surface area contributed by atoms with Gasteiger partial charge in [0.2, 0.25) is 5.91 Å². The first-order valence-corrected chi connectivity index (χ1v) is 6.89. The van der Waals surface area contributed by atoms with E-state index in [9.17, 15) is 18.0 Å². The van der Waals surface area contributed by atoms with Crippen molar-refractivity contribution in [3.05, 3.63) is 0 Å². The molecule has 0 aromatic heterocycles. The molecule has 0 aliphatic carbocycles. The van der Waals surface area contributed by atoms with Gasteiger partial charge in [-0.25, -0.2) is 0 Å². The second-order valence-corrected chi connectivity index (χ2v) is 5.32. The fraction of sp³-hybridized carbons (Fsp3) is 0.923. The van der Waals surface area contributed by atoms with Crippen molar-refractivity contribution in [1.29, 1.82) is 0 Å². The number of hydrogen-bond acceptors (Lipinski definition) is 2. The van der Waals surface area contributed by atoms with E-state index in [2.05, 4.69) is 5.32 Å². The van der Waals surface area contributed by atoms with Gasteiger partial charge in [0.15, 0.2) is 0 Å². The number of hydrogen-bond donors (Lipinski definition) is 1. The number of carbonyl (C=O) groups excluding carboxylic acids is 1. The second-order valence-electron chi connectivity index (χ2n) is 5.32. The molecule has 1 fully saturated rings. The lowest BCUT2D eigenvalue weighted by Crippen LogP contribution is -2.43. The molecule has 0 saturated carbocycles. The molecule has 0 bridgehead atoms. The summed E-state index contributed by atoms with van der Waals surface area (Å²) in [5, 5.41) is 3.28. The first kappa shape index (κ1) is 16.3. The largest absolute Gasteiger partial charge is 0.389 e. The summed E-state index contributed by atoms with van der Waals surface area (Å²) in [4.78, 5) is 14.0. The Morgan fingerprint density at radius 2 is 1.95 bits per heavy atom. The van der Waals surface area contributed by atoms with E-state index >= 15 is 0 Å². The minimum absolute atomic E-state index is 0.00820. The van der Waals surface area contributed by atoms with E-state index < -0.39 is 18.1 Å². The lowest BCUT2D eigenvalue weighted by Gasteiger charge is -2.23. The van der Waals surface area contributed by atoms with Crippen molar-refractivity contribution < 1.29 is 18.0 Å². The first-order valence-electron chi connectivity index (χ1n) is 6.89. The van der Waals surface area contributed by atoms with Crippen LogP contribution in [0.25, 0.3) is 0 Å². The number of unbranched alkanes of at least 4 members (excludes halogenated alkanes) is 1. The third-order valence-corrected chi connectivity index (χ3v) is 3.80. The molecule has 0 aromatic carbocycles. The molecule has 1 heterocycles. The molecule has 1 aliphatic rings. The van der Waals surface area contributed by atoms with Gasteiger partial charge in [0.05, 0.1) is 11.7 Å². The Kier molecular flexibility index (Phi) is 5.24. The maximum Gasteiger partial charge on any atom is 0.389 e. The Morgan fingerprint density at radius 1 is 1.32 bits per heavy atom. The van der Waals surface area contributed by atoms with Crippen molar-refractivity contribution in [2.24, 2.45) is 0 Å². The van der Waals surface area contributed by atoms with E-state index in [1.165, 1.54) is 0 Å². The first-order chi connectivity index (χ1) is 8.73. The van der Waals surface area contributed by atoms with Crippen LogP contribution in [0.2, 0.25) is 0 Å². The highest BCUT2D eigenvalue weighted by Gasteiger charge is 2.45. The molecule has 19 heavy (non-hydrogen) atoms. The van der Waals surface area contributed by atoms with Gasteiger partial charge in [-0.15, -0.1) is 0 Å². The van der Waals surface area contributed by atoms with Gasteiger partial charge in [0.1, 0.15) is 0 Å². The van der Waals surface area contributed by atoms with Crippen LogP contribution in [-0.4, -0.2) is 35.2 Å². The van der Waals surface area contributed by atoms with Crippen LogP contribution < -0.4 is 5.32 Å². The fourth-order valence-electron chi connectivity index (χ4n) is 2.41. The zero-order valence-corrected chi connectivity index (χ0v) is 11.8. The Morgan fingerprint density at radius 3 is 2.42 bits per heavy atom. The summed E-state index contributed by atoms with van der Waals surface area (Å²) in [6.45, 7) is 6.16. The van der Waals surface area contributed by atoms with Crippen LogP contribution >= 0.6 is 0 Å². The van der Waals surface area contributed by atoms with Gasteiger partial charge in [-0.3, -0.25) is 10.1 Å². The van der Waals surface area contributed by atoms with E-state index in [1.807, 2.05) is 20.8 Å². The molecule has 1 aliphatic heterocycles. The molecule has 2 atom stereocenters. The average Bonchev–Trinajstić information content (AvgIpc) is 2.58. The summed E-state index contributed by atoms with van der Waals surface area (Å²) in [5.74, 6) is 0.00820. The van der Waals surface area contributed by atoms with Crippen LogP contribution in [0, 0.1) is 0 Å². The highest BCUT2D eigenvalue weighted by atomic mass is 19.4. The number of nitrogens with zero attached hydrogens (tertiary/aromatic N) is 1.